The highest BCUT2D eigenvalue weighted by Gasteiger charge is 2.25. The molecule has 1 aliphatic rings. The molecule has 3 aromatic rings. The number of rotatable bonds is 6. The van der Waals surface area contributed by atoms with Gasteiger partial charge in [0.15, 0.2) is 0 Å². The standard InChI is InChI=1S/C24H24N2O3/c1-29-21-7-4-6-18(13-21)23-14-17(9-11-25-23)19-10-12-26(15-19)16-20-5-2-3-8-22(20)24(27)28/h2-9,11,13-14,19H,10,12,15-16H2,1H3,(H,27,28). The molecule has 0 aliphatic carbocycles. The SMILES string of the molecule is COc1cccc(-c2cc(C3CCN(Cc4ccccc4C(=O)O)C3)ccn2)c1. The number of benzene rings is 2. The van der Waals surface area contributed by atoms with Crippen LogP contribution < -0.4 is 4.74 Å². The van der Waals surface area contributed by atoms with Crippen molar-refractivity contribution in [2.24, 2.45) is 0 Å². The van der Waals surface area contributed by atoms with Crippen molar-refractivity contribution in [3.63, 3.8) is 0 Å². The van der Waals surface area contributed by atoms with Crippen molar-refractivity contribution < 1.29 is 14.6 Å². The lowest BCUT2D eigenvalue weighted by atomic mass is 9.97. The fourth-order valence-corrected chi connectivity index (χ4v) is 4.00. The molecule has 5 heteroatoms. The summed E-state index contributed by atoms with van der Waals surface area (Å²) in [5.41, 5.74) is 4.51. The number of hydrogen-bond donors (Lipinski definition) is 1. The number of methoxy groups -OCH3 is 1. The zero-order chi connectivity index (χ0) is 20.2. The lowest BCUT2D eigenvalue weighted by molar-refractivity contribution is 0.0694. The summed E-state index contributed by atoms with van der Waals surface area (Å²) in [4.78, 5) is 18.3. The minimum atomic E-state index is -0.867. The second-order valence-electron chi connectivity index (χ2n) is 7.39. The molecule has 1 atom stereocenters. The smallest absolute Gasteiger partial charge is 0.336 e. The second-order valence-corrected chi connectivity index (χ2v) is 7.39. The van der Waals surface area contributed by atoms with Gasteiger partial charge >= 0.3 is 5.97 Å². The van der Waals surface area contributed by atoms with Crippen LogP contribution in [0.4, 0.5) is 0 Å². The maximum atomic E-state index is 11.5. The van der Waals surface area contributed by atoms with E-state index < -0.39 is 5.97 Å². The third-order valence-corrected chi connectivity index (χ3v) is 5.53. The molecule has 148 valence electrons. The van der Waals surface area contributed by atoms with Gasteiger partial charge in [0.1, 0.15) is 5.75 Å². The highest BCUT2D eigenvalue weighted by Crippen LogP contribution is 2.31. The van der Waals surface area contributed by atoms with Crippen LogP contribution in [0.25, 0.3) is 11.3 Å². The second kappa shape index (κ2) is 8.45. The molecule has 0 bridgehead atoms. The number of carboxylic acid groups (broad SMARTS) is 1. The summed E-state index contributed by atoms with van der Waals surface area (Å²) in [5, 5.41) is 9.41. The number of nitrogens with zero attached hydrogens (tertiary/aromatic N) is 2. The molecular weight excluding hydrogens is 364 g/mol. The average molecular weight is 388 g/mol. The summed E-state index contributed by atoms with van der Waals surface area (Å²) in [6.45, 7) is 2.53. The molecule has 2 heterocycles. The first-order chi connectivity index (χ1) is 14.1. The zero-order valence-corrected chi connectivity index (χ0v) is 16.4. The van der Waals surface area contributed by atoms with Gasteiger partial charge in [-0.1, -0.05) is 30.3 Å². The molecule has 1 unspecified atom stereocenters. The van der Waals surface area contributed by atoms with Crippen LogP contribution in [0.3, 0.4) is 0 Å². The van der Waals surface area contributed by atoms with Crippen LogP contribution in [0, 0.1) is 0 Å². The first-order valence-electron chi connectivity index (χ1n) is 9.78. The Balaban J connectivity index is 1.49. The summed E-state index contributed by atoms with van der Waals surface area (Å²) in [6, 6.07) is 19.4. The van der Waals surface area contributed by atoms with E-state index in [9.17, 15) is 9.90 Å². The average Bonchev–Trinajstić information content (AvgIpc) is 3.23. The molecule has 2 aromatic carbocycles. The Kier molecular flexibility index (Phi) is 5.58. The van der Waals surface area contributed by atoms with E-state index in [1.165, 1.54) is 5.56 Å². The first-order valence-corrected chi connectivity index (χ1v) is 9.78. The Hall–Kier alpha value is -3.18. The zero-order valence-electron chi connectivity index (χ0n) is 16.4. The molecule has 0 amide bonds. The quantitative estimate of drug-likeness (QED) is 0.676. The van der Waals surface area contributed by atoms with Crippen LogP contribution in [-0.4, -0.2) is 41.2 Å². The van der Waals surface area contributed by atoms with Gasteiger partial charge < -0.3 is 9.84 Å². The number of aromatic carboxylic acids is 1. The monoisotopic (exact) mass is 388 g/mol. The van der Waals surface area contributed by atoms with Gasteiger partial charge in [-0.3, -0.25) is 9.88 Å². The summed E-state index contributed by atoms with van der Waals surface area (Å²) < 4.78 is 5.33. The van der Waals surface area contributed by atoms with E-state index in [2.05, 4.69) is 22.0 Å². The van der Waals surface area contributed by atoms with Crippen LogP contribution in [0.1, 0.15) is 33.8 Å². The van der Waals surface area contributed by atoms with Crippen LogP contribution in [0.5, 0.6) is 5.75 Å². The molecule has 1 aromatic heterocycles. The number of likely N-dealkylation sites (tertiary alicyclic amines) is 1. The number of carbonyl (C=O) groups is 1. The third kappa shape index (κ3) is 4.30. The van der Waals surface area contributed by atoms with Crippen molar-refractivity contribution in [2.45, 2.75) is 18.9 Å². The maximum Gasteiger partial charge on any atom is 0.336 e. The van der Waals surface area contributed by atoms with Crippen LogP contribution in [-0.2, 0) is 6.54 Å². The molecule has 1 fully saturated rings. The van der Waals surface area contributed by atoms with Crippen LogP contribution in [0.2, 0.25) is 0 Å². The van der Waals surface area contributed by atoms with Crippen molar-refractivity contribution in [1.29, 1.82) is 0 Å². The number of ether oxygens (including phenoxy) is 1. The molecular formula is C24H24N2O3. The maximum absolute atomic E-state index is 11.5. The molecule has 1 saturated heterocycles. The van der Waals surface area contributed by atoms with Gasteiger partial charge in [0.05, 0.1) is 18.4 Å². The summed E-state index contributed by atoms with van der Waals surface area (Å²) in [7, 11) is 1.67. The minimum absolute atomic E-state index is 0.389. The number of pyridine rings is 1. The first kappa shape index (κ1) is 19.2. The van der Waals surface area contributed by atoms with Crippen molar-refractivity contribution in [3.05, 3.63) is 83.6 Å². The van der Waals surface area contributed by atoms with Gasteiger partial charge in [-0.05, 0) is 60.3 Å². The predicted octanol–water partition coefficient (Wildman–Crippen LogP) is 4.44. The van der Waals surface area contributed by atoms with Gasteiger partial charge in [-0.2, -0.15) is 0 Å². The fourth-order valence-electron chi connectivity index (χ4n) is 4.00. The van der Waals surface area contributed by atoms with Crippen LogP contribution >= 0.6 is 0 Å². The van der Waals surface area contributed by atoms with E-state index in [4.69, 9.17) is 4.74 Å². The van der Waals surface area contributed by atoms with Crippen molar-refractivity contribution in [2.75, 3.05) is 20.2 Å². The van der Waals surface area contributed by atoms with Gasteiger partial charge in [0.25, 0.3) is 0 Å². The lowest BCUT2D eigenvalue weighted by Gasteiger charge is -2.18. The molecule has 1 N–H and O–H groups in total. The number of hydrogen-bond acceptors (Lipinski definition) is 4. The van der Waals surface area contributed by atoms with E-state index in [0.717, 1.165) is 42.1 Å². The molecule has 29 heavy (non-hydrogen) atoms. The predicted molar refractivity (Wildman–Crippen MR) is 112 cm³/mol. The number of aromatic nitrogens is 1. The van der Waals surface area contributed by atoms with E-state index in [-0.39, 0.29) is 0 Å². The van der Waals surface area contributed by atoms with E-state index in [1.807, 2.05) is 42.6 Å². The molecule has 5 nitrogen and oxygen atoms in total. The Morgan fingerprint density at radius 3 is 2.86 bits per heavy atom. The molecule has 4 rings (SSSR count). The minimum Gasteiger partial charge on any atom is -0.497 e. The topological polar surface area (TPSA) is 62.7 Å². The number of carboxylic acids is 1. The van der Waals surface area contributed by atoms with Gasteiger partial charge in [0, 0.05) is 24.8 Å². The highest BCUT2D eigenvalue weighted by atomic mass is 16.5. The highest BCUT2D eigenvalue weighted by molar-refractivity contribution is 5.89. The Morgan fingerprint density at radius 1 is 1.17 bits per heavy atom. The van der Waals surface area contributed by atoms with Crippen molar-refractivity contribution in [1.82, 2.24) is 9.88 Å². The third-order valence-electron chi connectivity index (χ3n) is 5.53. The fraction of sp³-hybridized carbons (Fsp3) is 0.250. The van der Waals surface area contributed by atoms with Gasteiger partial charge in [-0.25, -0.2) is 4.79 Å². The van der Waals surface area contributed by atoms with Crippen molar-refractivity contribution in [3.8, 4) is 17.0 Å². The molecule has 0 radical (unpaired) electrons. The van der Waals surface area contributed by atoms with E-state index in [1.54, 1.807) is 19.2 Å². The van der Waals surface area contributed by atoms with Gasteiger partial charge in [-0.15, -0.1) is 0 Å². The van der Waals surface area contributed by atoms with Crippen molar-refractivity contribution >= 4 is 5.97 Å². The normalized spacial score (nSPS) is 16.7. The molecule has 0 saturated carbocycles. The van der Waals surface area contributed by atoms with Gasteiger partial charge in [0.2, 0.25) is 0 Å². The largest absolute Gasteiger partial charge is 0.497 e. The van der Waals surface area contributed by atoms with E-state index in [0.29, 0.717) is 18.0 Å². The summed E-state index contributed by atoms with van der Waals surface area (Å²) >= 11 is 0. The Morgan fingerprint density at radius 2 is 2.03 bits per heavy atom. The molecule has 0 spiro atoms. The summed E-state index contributed by atoms with van der Waals surface area (Å²) in [6.07, 6.45) is 2.92. The van der Waals surface area contributed by atoms with E-state index >= 15 is 0 Å². The molecule has 1 aliphatic heterocycles. The Labute approximate surface area is 170 Å². The van der Waals surface area contributed by atoms with Crippen LogP contribution in [0.15, 0.2) is 66.9 Å². The Bertz CT molecular complexity index is 1020. The lowest BCUT2D eigenvalue weighted by Crippen LogP contribution is -2.21. The summed E-state index contributed by atoms with van der Waals surface area (Å²) in [5.74, 6) is 0.367.